The van der Waals surface area contributed by atoms with Crippen LogP contribution < -0.4 is 9.47 Å². The lowest BCUT2D eigenvalue weighted by atomic mass is 10.1. The molecule has 186 valence electrons. The van der Waals surface area contributed by atoms with Gasteiger partial charge in [0.25, 0.3) is 0 Å². The van der Waals surface area contributed by atoms with Crippen LogP contribution in [0.2, 0.25) is 0 Å². The molecule has 0 heterocycles. The molecule has 0 spiro atoms. The second-order valence-corrected chi connectivity index (χ2v) is 11.3. The zero-order valence-corrected chi connectivity index (χ0v) is 22.3. The fraction of sp³-hybridized carbons (Fsp3) is 0.250. The largest absolute Gasteiger partial charge is 0.493 e. The summed E-state index contributed by atoms with van der Waals surface area (Å²) in [5.74, 6) is 2.69. The van der Waals surface area contributed by atoms with Gasteiger partial charge in [0, 0.05) is 9.79 Å². The minimum absolute atomic E-state index is 0.478. The Morgan fingerprint density at radius 2 is 0.944 bits per heavy atom. The van der Waals surface area contributed by atoms with Gasteiger partial charge >= 0.3 is 0 Å². The molecule has 0 aliphatic heterocycles. The maximum atomic E-state index is 13.2. The van der Waals surface area contributed by atoms with Crippen LogP contribution in [0.15, 0.2) is 107 Å². The van der Waals surface area contributed by atoms with Crippen LogP contribution in [0.4, 0.5) is 0 Å². The Kier molecular flexibility index (Phi) is 8.61. The van der Waals surface area contributed by atoms with Crippen molar-refractivity contribution in [3.63, 3.8) is 0 Å². The maximum absolute atomic E-state index is 13.2. The van der Waals surface area contributed by atoms with Gasteiger partial charge in [-0.05, 0) is 82.6 Å². The quantitative estimate of drug-likeness (QED) is 0.221. The van der Waals surface area contributed by atoms with Crippen LogP contribution in [0.25, 0.3) is 22.3 Å². The Labute approximate surface area is 217 Å². The van der Waals surface area contributed by atoms with Crippen LogP contribution in [0.3, 0.4) is 0 Å². The van der Waals surface area contributed by atoms with E-state index in [2.05, 4.69) is 52.0 Å². The third-order valence-corrected chi connectivity index (χ3v) is 7.04. The first kappa shape index (κ1) is 25.7. The lowest BCUT2D eigenvalue weighted by Crippen LogP contribution is -2.04. The van der Waals surface area contributed by atoms with Gasteiger partial charge in [-0.2, -0.15) is 0 Å². The summed E-state index contributed by atoms with van der Waals surface area (Å²) in [6, 6.07) is 32.0. The first-order valence-corrected chi connectivity index (χ1v) is 13.6. The topological polar surface area (TPSA) is 35.5 Å². The van der Waals surface area contributed by atoms with Gasteiger partial charge in [-0.1, -0.05) is 76.2 Å². The van der Waals surface area contributed by atoms with E-state index in [1.807, 2.05) is 72.8 Å². The maximum Gasteiger partial charge on any atom is 0.119 e. The molecule has 0 atom stereocenters. The molecule has 36 heavy (non-hydrogen) atoms. The molecule has 0 aromatic heterocycles. The van der Waals surface area contributed by atoms with Gasteiger partial charge in [-0.15, -0.1) is 0 Å². The molecule has 0 saturated heterocycles. The molecule has 0 bridgehead atoms. The van der Waals surface area contributed by atoms with E-state index in [9.17, 15) is 4.21 Å². The lowest BCUT2D eigenvalue weighted by Gasteiger charge is -2.11. The Morgan fingerprint density at radius 3 is 1.31 bits per heavy atom. The van der Waals surface area contributed by atoms with Crippen molar-refractivity contribution in [3.05, 3.63) is 97.1 Å². The number of benzene rings is 4. The summed E-state index contributed by atoms with van der Waals surface area (Å²) in [5.41, 5.74) is 4.30. The average Bonchev–Trinajstić information content (AvgIpc) is 2.91. The van der Waals surface area contributed by atoms with E-state index >= 15 is 0 Å². The number of hydrogen-bond donors (Lipinski definition) is 0. The van der Waals surface area contributed by atoms with E-state index < -0.39 is 10.8 Å². The van der Waals surface area contributed by atoms with Gasteiger partial charge < -0.3 is 9.47 Å². The first-order valence-electron chi connectivity index (χ1n) is 12.5. The zero-order chi connectivity index (χ0) is 25.5. The summed E-state index contributed by atoms with van der Waals surface area (Å²) in [6.45, 7) is 9.93. The highest BCUT2D eigenvalue weighted by Crippen LogP contribution is 2.28. The van der Waals surface area contributed by atoms with Gasteiger partial charge in [0.15, 0.2) is 0 Å². The summed E-state index contributed by atoms with van der Waals surface area (Å²) in [5, 5.41) is 0. The molecule has 0 amide bonds. The number of rotatable bonds is 10. The van der Waals surface area contributed by atoms with E-state index in [1.54, 1.807) is 0 Å². The van der Waals surface area contributed by atoms with Crippen molar-refractivity contribution in [2.24, 2.45) is 11.8 Å². The summed E-state index contributed by atoms with van der Waals surface area (Å²) in [7, 11) is -1.25. The minimum Gasteiger partial charge on any atom is -0.493 e. The Bertz CT molecular complexity index is 1190. The van der Waals surface area contributed by atoms with Crippen LogP contribution in [-0.4, -0.2) is 17.4 Å². The van der Waals surface area contributed by atoms with Crippen LogP contribution in [0.5, 0.6) is 11.5 Å². The van der Waals surface area contributed by atoms with E-state index in [-0.39, 0.29) is 0 Å². The molecule has 4 rings (SSSR count). The van der Waals surface area contributed by atoms with Crippen molar-refractivity contribution < 1.29 is 13.7 Å². The number of hydrogen-bond acceptors (Lipinski definition) is 3. The SMILES string of the molecule is CC(C)COc1cccc(-c2ccc(S(=O)c3ccc(-c4cccc(OCC(C)C)c4)cc3)cc2)c1. The van der Waals surface area contributed by atoms with E-state index in [0.29, 0.717) is 25.0 Å². The predicted molar refractivity (Wildman–Crippen MR) is 149 cm³/mol. The van der Waals surface area contributed by atoms with Crippen LogP contribution in [0.1, 0.15) is 27.7 Å². The molecular weight excluding hydrogens is 464 g/mol. The molecule has 0 N–H and O–H groups in total. The molecule has 0 aliphatic rings. The van der Waals surface area contributed by atoms with E-state index in [0.717, 1.165) is 43.5 Å². The zero-order valence-electron chi connectivity index (χ0n) is 21.4. The van der Waals surface area contributed by atoms with Gasteiger partial charge in [0.2, 0.25) is 0 Å². The lowest BCUT2D eigenvalue weighted by molar-refractivity contribution is 0.271. The summed E-state index contributed by atoms with van der Waals surface area (Å²) < 4.78 is 24.9. The fourth-order valence-corrected chi connectivity index (χ4v) is 4.77. The smallest absolute Gasteiger partial charge is 0.119 e. The summed E-state index contributed by atoms with van der Waals surface area (Å²) in [6.07, 6.45) is 0. The third kappa shape index (κ3) is 6.86. The average molecular weight is 499 g/mol. The fourth-order valence-electron chi connectivity index (χ4n) is 3.73. The van der Waals surface area contributed by atoms with Crippen molar-refractivity contribution in [1.29, 1.82) is 0 Å². The molecule has 0 saturated carbocycles. The van der Waals surface area contributed by atoms with Crippen molar-refractivity contribution in [1.82, 2.24) is 0 Å². The van der Waals surface area contributed by atoms with Crippen molar-refractivity contribution in [3.8, 4) is 33.8 Å². The monoisotopic (exact) mass is 498 g/mol. The Morgan fingerprint density at radius 1 is 0.556 bits per heavy atom. The van der Waals surface area contributed by atoms with Gasteiger partial charge in [0.1, 0.15) is 11.5 Å². The second kappa shape index (κ2) is 12.0. The Balaban J connectivity index is 1.45. The van der Waals surface area contributed by atoms with Crippen molar-refractivity contribution in [2.45, 2.75) is 37.5 Å². The molecule has 4 aromatic carbocycles. The first-order chi connectivity index (χ1) is 17.4. The van der Waals surface area contributed by atoms with Crippen LogP contribution in [-0.2, 0) is 10.8 Å². The summed E-state index contributed by atoms with van der Waals surface area (Å²) >= 11 is 0. The molecule has 0 fully saturated rings. The standard InChI is InChI=1S/C32H34O3S/c1-23(2)21-34-29-9-5-7-27(19-29)25-11-15-31(16-12-25)36(33)32-17-13-26(14-18-32)28-8-6-10-30(20-28)35-22-24(3)4/h5-20,23-24H,21-22H2,1-4H3. The highest BCUT2D eigenvalue weighted by Gasteiger charge is 2.10. The number of ether oxygens (including phenoxy) is 2. The van der Waals surface area contributed by atoms with E-state index in [4.69, 9.17) is 9.47 Å². The molecule has 4 aromatic rings. The highest BCUT2D eigenvalue weighted by atomic mass is 32.2. The van der Waals surface area contributed by atoms with Crippen LogP contribution >= 0.6 is 0 Å². The van der Waals surface area contributed by atoms with Crippen molar-refractivity contribution in [2.75, 3.05) is 13.2 Å². The van der Waals surface area contributed by atoms with Gasteiger partial charge in [-0.25, -0.2) is 4.21 Å². The third-order valence-electron chi connectivity index (χ3n) is 5.64. The molecule has 3 nitrogen and oxygen atoms in total. The van der Waals surface area contributed by atoms with Crippen molar-refractivity contribution >= 4 is 10.8 Å². The highest BCUT2D eigenvalue weighted by molar-refractivity contribution is 7.85. The Hall–Kier alpha value is -3.37. The molecule has 0 unspecified atom stereocenters. The van der Waals surface area contributed by atoms with Crippen LogP contribution in [0, 0.1) is 11.8 Å². The normalized spacial score (nSPS) is 11.3. The van der Waals surface area contributed by atoms with Gasteiger partial charge in [-0.3, -0.25) is 0 Å². The predicted octanol–water partition coefficient (Wildman–Crippen LogP) is 8.26. The molecule has 0 radical (unpaired) electrons. The minimum atomic E-state index is -1.25. The summed E-state index contributed by atoms with van der Waals surface area (Å²) in [4.78, 5) is 1.56. The second-order valence-electron chi connectivity index (χ2n) is 9.78. The van der Waals surface area contributed by atoms with E-state index in [1.165, 1.54) is 0 Å². The molecule has 4 heteroatoms. The molecular formula is C32H34O3S. The molecule has 0 aliphatic carbocycles. The van der Waals surface area contributed by atoms with Gasteiger partial charge in [0.05, 0.1) is 24.0 Å².